The van der Waals surface area contributed by atoms with Gasteiger partial charge in [-0.3, -0.25) is 14.5 Å². The van der Waals surface area contributed by atoms with Gasteiger partial charge in [-0.2, -0.15) is 5.10 Å². The maximum absolute atomic E-state index is 12.5. The Balaban J connectivity index is 1.74. The predicted octanol–water partition coefficient (Wildman–Crippen LogP) is 2.52. The summed E-state index contributed by atoms with van der Waals surface area (Å²) in [6.07, 6.45) is 5.08. The van der Waals surface area contributed by atoms with Gasteiger partial charge in [-0.25, -0.2) is 4.98 Å². The van der Waals surface area contributed by atoms with Crippen molar-refractivity contribution in [1.82, 2.24) is 24.6 Å². The molecule has 3 aromatic heterocycles. The van der Waals surface area contributed by atoms with E-state index >= 15 is 0 Å². The van der Waals surface area contributed by atoms with Gasteiger partial charge in [0.05, 0.1) is 18.4 Å². The van der Waals surface area contributed by atoms with E-state index in [0.717, 1.165) is 22.0 Å². The third kappa shape index (κ3) is 3.29. The van der Waals surface area contributed by atoms with Gasteiger partial charge < -0.3 is 4.90 Å². The van der Waals surface area contributed by atoms with Crippen molar-refractivity contribution < 1.29 is 4.79 Å². The number of nitrogens with zero attached hydrogens (tertiary/aromatic N) is 5. The number of aromatic nitrogens is 4. The van der Waals surface area contributed by atoms with Crippen LogP contribution in [-0.4, -0.2) is 37.6 Å². The van der Waals surface area contributed by atoms with Crippen molar-refractivity contribution in [2.75, 3.05) is 7.05 Å². The molecule has 3 heterocycles. The lowest BCUT2D eigenvalue weighted by Crippen LogP contribution is -2.25. The van der Waals surface area contributed by atoms with Crippen LogP contribution in [0.1, 0.15) is 21.1 Å². The lowest BCUT2D eigenvalue weighted by Gasteiger charge is -2.14. The van der Waals surface area contributed by atoms with Crippen LogP contribution in [-0.2, 0) is 13.6 Å². The summed E-state index contributed by atoms with van der Waals surface area (Å²) in [7, 11) is 3.67. The summed E-state index contributed by atoms with van der Waals surface area (Å²) in [6.45, 7) is 2.46. The Morgan fingerprint density at radius 2 is 2.22 bits per heavy atom. The summed E-state index contributed by atoms with van der Waals surface area (Å²) in [5.74, 6) is -0.0547. The molecule has 0 saturated carbocycles. The smallest absolute Gasteiger partial charge is 0.265 e. The Hall–Kier alpha value is -2.54. The van der Waals surface area contributed by atoms with Gasteiger partial charge >= 0.3 is 0 Å². The Morgan fingerprint density at radius 3 is 2.87 bits per heavy atom. The number of hydrogen-bond acceptors (Lipinski definition) is 5. The summed E-state index contributed by atoms with van der Waals surface area (Å²) in [4.78, 5) is 23.2. The van der Waals surface area contributed by atoms with Crippen molar-refractivity contribution in [3.8, 4) is 10.6 Å². The molecule has 0 radical (unpaired) electrons. The highest BCUT2D eigenvalue weighted by Gasteiger charge is 2.17. The standard InChI is InChI=1S/C16H17N5OS/c1-11-7-13(19-21(11)3)10-20(2)16(22)14-9-18-15(23-14)12-5-4-6-17-8-12/h4-9H,10H2,1-3H3. The molecule has 0 spiro atoms. The van der Waals surface area contributed by atoms with E-state index in [1.807, 2.05) is 32.2 Å². The van der Waals surface area contributed by atoms with Crippen LogP contribution < -0.4 is 0 Å². The summed E-state index contributed by atoms with van der Waals surface area (Å²) in [6, 6.07) is 5.77. The topological polar surface area (TPSA) is 63.9 Å². The first-order chi connectivity index (χ1) is 11.0. The number of amides is 1. The van der Waals surface area contributed by atoms with E-state index in [9.17, 15) is 4.79 Å². The molecular weight excluding hydrogens is 310 g/mol. The SMILES string of the molecule is Cc1cc(CN(C)C(=O)c2cnc(-c3cccnc3)s2)nn1C. The van der Waals surface area contributed by atoms with E-state index in [-0.39, 0.29) is 5.91 Å². The first-order valence-electron chi connectivity index (χ1n) is 7.16. The van der Waals surface area contributed by atoms with E-state index in [0.29, 0.717) is 11.4 Å². The minimum Gasteiger partial charge on any atom is -0.335 e. The summed E-state index contributed by atoms with van der Waals surface area (Å²) < 4.78 is 1.81. The van der Waals surface area contributed by atoms with Crippen molar-refractivity contribution in [2.45, 2.75) is 13.5 Å². The fraction of sp³-hybridized carbons (Fsp3) is 0.250. The number of pyridine rings is 1. The van der Waals surface area contributed by atoms with Crippen molar-refractivity contribution >= 4 is 17.2 Å². The van der Waals surface area contributed by atoms with Crippen molar-refractivity contribution in [1.29, 1.82) is 0 Å². The van der Waals surface area contributed by atoms with E-state index in [2.05, 4.69) is 15.1 Å². The quantitative estimate of drug-likeness (QED) is 0.738. The number of carbonyl (C=O) groups is 1. The van der Waals surface area contributed by atoms with Gasteiger partial charge in [-0.15, -0.1) is 11.3 Å². The van der Waals surface area contributed by atoms with Gasteiger partial charge in [0.15, 0.2) is 0 Å². The lowest BCUT2D eigenvalue weighted by atomic mass is 10.3. The molecular formula is C16H17N5OS. The molecule has 0 fully saturated rings. The lowest BCUT2D eigenvalue weighted by molar-refractivity contribution is 0.0787. The van der Waals surface area contributed by atoms with Gasteiger partial charge in [-0.05, 0) is 25.1 Å². The van der Waals surface area contributed by atoms with E-state index in [1.165, 1.54) is 11.3 Å². The van der Waals surface area contributed by atoms with Gasteiger partial charge in [0, 0.05) is 37.7 Å². The van der Waals surface area contributed by atoms with E-state index in [1.54, 1.807) is 35.2 Å². The molecule has 0 unspecified atom stereocenters. The first kappa shape index (κ1) is 15.4. The highest BCUT2D eigenvalue weighted by Crippen LogP contribution is 2.25. The van der Waals surface area contributed by atoms with Crippen LogP contribution in [0.3, 0.4) is 0 Å². The zero-order valence-electron chi connectivity index (χ0n) is 13.2. The molecule has 0 atom stereocenters. The van der Waals surface area contributed by atoms with Gasteiger partial charge in [0.1, 0.15) is 9.88 Å². The van der Waals surface area contributed by atoms with E-state index in [4.69, 9.17) is 0 Å². The Labute approximate surface area is 138 Å². The molecule has 0 N–H and O–H groups in total. The number of hydrogen-bond donors (Lipinski definition) is 0. The first-order valence-corrected chi connectivity index (χ1v) is 7.97. The second-order valence-corrected chi connectivity index (χ2v) is 6.36. The van der Waals surface area contributed by atoms with Gasteiger partial charge in [0.2, 0.25) is 0 Å². The van der Waals surface area contributed by atoms with Crippen LogP contribution in [0.5, 0.6) is 0 Å². The minimum atomic E-state index is -0.0547. The summed E-state index contributed by atoms with van der Waals surface area (Å²) in [5, 5.41) is 5.18. The molecule has 23 heavy (non-hydrogen) atoms. The van der Waals surface area contributed by atoms with Crippen LogP contribution in [0.25, 0.3) is 10.6 Å². The molecule has 0 aliphatic heterocycles. The normalized spacial score (nSPS) is 10.7. The summed E-state index contributed by atoms with van der Waals surface area (Å²) >= 11 is 1.37. The third-order valence-electron chi connectivity index (χ3n) is 3.54. The Morgan fingerprint density at radius 1 is 1.39 bits per heavy atom. The van der Waals surface area contributed by atoms with Crippen LogP contribution in [0, 0.1) is 6.92 Å². The van der Waals surface area contributed by atoms with Gasteiger partial charge in [-0.1, -0.05) is 0 Å². The number of aryl methyl sites for hydroxylation is 2. The molecule has 0 aliphatic carbocycles. The van der Waals surface area contributed by atoms with Crippen molar-refractivity contribution in [3.05, 3.63) is 53.1 Å². The second kappa shape index (κ2) is 6.29. The Kier molecular flexibility index (Phi) is 4.20. The molecule has 3 aromatic rings. The largest absolute Gasteiger partial charge is 0.335 e. The fourth-order valence-corrected chi connectivity index (χ4v) is 3.11. The zero-order chi connectivity index (χ0) is 16.4. The van der Waals surface area contributed by atoms with Crippen LogP contribution in [0.15, 0.2) is 36.8 Å². The molecule has 0 aromatic carbocycles. The molecule has 0 aliphatic rings. The van der Waals surface area contributed by atoms with Crippen molar-refractivity contribution in [3.63, 3.8) is 0 Å². The monoisotopic (exact) mass is 327 g/mol. The van der Waals surface area contributed by atoms with Crippen LogP contribution >= 0.6 is 11.3 Å². The van der Waals surface area contributed by atoms with Crippen LogP contribution in [0.4, 0.5) is 0 Å². The molecule has 118 valence electrons. The second-order valence-electron chi connectivity index (χ2n) is 5.33. The van der Waals surface area contributed by atoms with Crippen LogP contribution in [0.2, 0.25) is 0 Å². The molecule has 0 saturated heterocycles. The predicted molar refractivity (Wildman–Crippen MR) is 89.1 cm³/mol. The third-order valence-corrected chi connectivity index (χ3v) is 4.57. The van der Waals surface area contributed by atoms with Gasteiger partial charge in [0.25, 0.3) is 5.91 Å². The summed E-state index contributed by atoms with van der Waals surface area (Å²) in [5.41, 5.74) is 2.86. The van der Waals surface area contributed by atoms with E-state index < -0.39 is 0 Å². The minimum absolute atomic E-state index is 0.0547. The molecule has 0 bridgehead atoms. The molecule has 1 amide bonds. The van der Waals surface area contributed by atoms with Crippen molar-refractivity contribution in [2.24, 2.45) is 7.05 Å². The average molecular weight is 327 g/mol. The molecule has 3 rings (SSSR count). The Bertz CT molecular complexity index is 805. The maximum atomic E-state index is 12.5. The number of rotatable bonds is 4. The molecule has 7 heteroatoms. The maximum Gasteiger partial charge on any atom is 0.265 e. The highest BCUT2D eigenvalue weighted by atomic mass is 32.1. The fourth-order valence-electron chi connectivity index (χ4n) is 2.21. The number of carbonyl (C=O) groups excluding carboxylic acids is 1. The highest BCUT2D eigenvalue weighted by molar-refractivity contribution is 7.16. The number of thiazole rings is 1. The molecule has 6 nitrogen and oxygen atoms in total. The average Bonchev–Trinajstić information content (AvgIpc) is 3.15. The zero-order valence-corrected chi connectivity index (χ0v) is 14.0.